The minimum absolute atomic E-state index is 0.0680. The first-order valence-corrected chi connectivity index (χ1v) is 8.02. The van der Waals surface area contributed by atoms with E-state index in [1.54, 1.807) is 0 Å². The Labute approximate surface area is 127 Å². The monoisotopic (exact) mass is 293 g/mol. The van der Waals surface area contributed by atoms with E-state index in [4.69, 9.17) is 11.6 Å². The highest BCUT2D eigenvalue weighted by Gasteiger charge is 2.31. The maximum Gasteiger partial charge on any atom is 0.245 e. The van der Waals surface area contributed by atoms with Gasteiger partial charge in [0.15, 0.2) is 0 Å². The molecule has 3 heteroatoms. The fourth-order valence-electron chi connectivity index (χ4n) is 2.94. The lowest BCUT2D eigenvalue weighted by molar-refractivity contribution is -0.133. The molecule has 1 amide bonds. The lowest BCUT2D eigenvalue weighted by Gasteiger charge is -2.32. The number of alkyl halides is 1. The SMILES string of the molecule is CC(C)CN(C(=O)C(Cl)c1ccccc1)C1CCCC1. The zero-order valence-electron chi connectivity index (χ0n) is 12.4. The molecule has 0 heterocycles. The number of amides is 1. The fraction of sp³-hybridized carbons (Fsp3) is 0.588. The maximum absolute atomic E-state index is 12.8. The van der Waals surface area contributed by atoms with Gasteiger partial charge in [0.05, 0.1) is 0 Å². The molecule has 20 heavy (non-hydrogen) atoms. The van der Waals surface area contributed by atoms with Crippen LogP contribution in [0.2, 0.25) is 0 Å². The van der Waals surface area contributed by atoms with E-state index in [0.29, 0.717) is 12.0 Å². The minimum atomic E-state index is -0.560. The average molecular weight is 294 g/mol. The predicted molar refractivity (Wildman–Crippen MR) is 83.8 cm³/mol. The molecule has 1 aromatic rings. The van der Waals surface area contributed by atoms with Crippen molar-refractivity contribution in [3.05, 3.63) is 35.9 Å². The Balaban J connectivity index is 2.13. The molecule has 1 unspecified atom stereocenters. The van der Waals surface area contributed by atoms with E-state index in [2.05, 4.69) is 13.8 Å². The van der Waals surface area contributed by atoms with E-state index in [1.807, 2.05) is 35.2 Å². The largest absolute Gasteiger partial charge is 0.338 e. The van der Waals surface area contributed by atoms with Crippen molar-refractivity contribution in [2.75, 3.05) is 6.54 Å². The van der Waals surface area contributed by atoms with Gasteiger partial charge in [0, 0.05) is 12.6 Å². The summed E-state index contributed by atoms with van der Waals surface area (Å²) in [5.74, 6) is 0.539. The molecule has 110 valence electrons. The van der Waals surface area contributed by atoms with E-state index >= 15 is 0 Å². The molecular formula is C17H24ClNO. The number of carbonyl (C=O) groups excluding carboxylic acids is 1. The first-order valence-electron chi connectivity index (χ1n) is 7.59. The summed E-state index contributed by atoms with van der Waals surface area (Å²) in [6, 6.07) is 10.0. The van der Waals surface area contributed by atoms with Crippen molar-refractivity contribution in [1.29, 1.82) is 0 Å². The first kappa shape index (κ1) is 15.4. The Morgan fingerprint density at radius 3 is 2.40 bits per heavy atom. The van der Waals surface area contributed by atoms with E-state index in [0.717, 1.165) is 24.9 Å². The number of halogens is 1. The van der Waals surface area contributed by atoms with Crippen LogP contribution < -0.4 is 0 Å². The number of rotatable bonds is 5. The number of hydrogen-bond acceptors (Lipinski definition) is 1. The quantitative estimate of drug-likeness (QED) is 0.737. The number of carbonyl (C=O) groups is 1. The molecule has 0 spiro atoms. The second kappa shape index (κ2) is 7.12. The Kier molecular flexibility index (Phi) is 5.47. The van der Waals surface area contributed by atoms with Gasteiger partial charge < -0.3 is 4.90 Å². The normalized spacial score (nSPS) is 17.4. The lowest BCUT2D eigenvalue weighted by Crippen LogP contribution is -2.42. The molecule has 0 aliphatic heterocycles. The topological polar surface area (TPSA) is 20.3 Å². The van der Waals surface area contributed by atoms with Crippen LogP contribution in [0.5, 0.6) is 0 Å². The number of hydrogen-bond donors (Lipinski definition) is 0. The highest BCUT2D eigenvalue weighted by atomic mass is 35.5. The van der Waals surface area contributed by atoms with Gasteiger partial charge >= 0.3 is 0 Å². The van der Waals surface area contributed by atoms with Crippen molar-refractivity contribution < 1.29 is 4.79 Å². The fourth-order valence-corrected chi connectivity index (χ4v) is 3.21. The van der Waals surface area contributed by atoms with Gasteiger partial charge in [0.1, 0.15) is 5.38 Å². The summed E-state index contributed by atoms with van der Waals surface area (Å²) in [4.78, 5) is 14.8. The smallest absolute Gasteiger partial charge is 0.245 e. The Morgan fingerprint density at radius 2 is 1.85 bits per heavy atom. The van der Waals surface area contributed by atoms with Crippen LogP contribution in [0.15, 0.2) is 30.3 Å². The first-order chi connectivity index (χ1) is 9.59. The van der Waals surface area contributed by atoms with Crippen LogP contribution in [0.1, 0.15) is 50.5 Å². The third-order valence-corrected chi connectivity index (χ3v) is 4.36. The molecule has 0 aromatic heterocycles. The lowest BCUT2D eigenvalue weighted by atomic mass is 10.1. The van der Waals surface area contributed by atoms with Crippen molar-refractivity contribution in [2.24, 2.45) is 5.92 Å². The summed E-state index contributed by atoms with van der Waals surface area (Å²) >= 11 is 6.42. The van der Waals surface area contributed by atoms with Crippen molar-refractivity contribution in [1.82, 2.24) is 4.90 Å². The van der Waals surface area contributed by atoms with E-state index in [1.165, 1.54) is 12.8 Å². The molecule has 1 aromatic carbocycles. The molecular weight excluding hydrogens is 270 g/mol. The average Bonchev–Trinajstić information content (AvgIpc) is 2.98. The minimum Gasteiger partial charge on any atom is -0.338 e. The zero-order valence-corrected chi connectivity index (χ0v) is 13.1. The third kappa shape index (κ3) is 3.76. The second-order valence-corrected chi connectivity index (χ2v) is 6.53. The summed E-state index contributed by atoms with van der Waals surface area (Å²) in [7, 11) is 0. The van der Waals surface area contributed by atoms with Crippen molar-refractivity contribution in [3.63, 3.8) is 0 Å². The van der Waals surface area contributed by atoms with Crippen LogP contribution >= 0.6 is 11.6 Å². The van der Waals surface area contributed by atoms with E-state index in [-0.39, 0.29) is 5.91 Å². The highest BCUT2D eigenvalue weighted by molar-refractivity contribution is 6.30. The highest BCUT2D eigenvalue weighted by Crippen LogP contribution is 2.29. The predicted octanol–water partition coefficient (Wildman–Crippen LogP) is 4.39. The number of benzene rings is 1. The molecule has 1 aliphatic carbocycles. The summed E-state index contributed by atoms with van der Waals surface area (Å²) < 4.78 is 0. The standard InChI is InChI=1S/C17H24ClNO/c1-13(2)12-19(15-10-6-7-11-15)17(20)16(18)14-8-4-3-5-9-14/h3-5,8-9,13,15-16H,6-7,10-12H2,1-2H3. The van der Waals surface area contributed by atoms with Crippen LogP contribution in [0, 0.1) is 5.92 Å². The van der Waals surface area contributed by atoms with Crippen LogP contribution in [0.25, 0.3) is 0 Å². The van der Waals surface area contributed by atoms with E-state index < -0.39 is 5.38 Å². The number of nitrogens with zero attached hydrogens (tertiary/aromatic N) is 1. The van der Waals surface area contributed by atoms with Gasteiger partial charge in [-0.1, -0.05) is 57.0 Å². The molecule has 0 saturated heterocycles. The van der Waals surface area contributed by atoms with Gasteiger partial charge in [-0.15, -0.1) is 11.6 Å². The Morgan fingerprint density at radius 1 is 1.25 bits per heavy atom. The molecule has 0 N–H and O–H groups in total. The van der Waals surface area contributed by atoms with Crippen molar-refractivity contribution in [3.8, 4) is 0 Å². The van der Waals surface area contributed by atoms with Gasteiger partial charge in [-0.3, -0.25) is 4.79 Å². The maximum atomic E-state index is 12.8. The van der Waals surface area contributed by atoms with Crippen LogP contribution in [0.3, 0.4) is 0 Å². The van der Waals surface area contributed by atoms with Gasteiger partial charge in [-0.2, -0.15) is 0 Å². The van der Waals surface area contributed by atoms with Crippen LogP contribution in [-0.2, 0) is 4.79 Å². The van der Waals surface area contributed by atoms with Crippen LogP contribution in [-0.4, -0.2) is 23.4 Å². The van der Waals surface area contributed by atoms with Crippen LogP contribution in [0.4, 0.5) is 0 Å². The van der Waals surface area contributed by atoms with Gasteiger partial charge in [0.2, 0.25) is 5.91 Å². The molecule has 2 nitrogen and oxygen atoms in total. The molecule has 1 atom stereocenters. The molecule has 0 bridgehead atoms. The Hall–Kier alpha value is -1.02. The summed E-state index contributed by atoms with van der Waals surface area (Å²) in [5, 5.41) is -0.560. The molecule has 2 rings (SSSR count). The zero-order chi connectivity index (χ0) is 14.5. The molecule has 1 aliphatic rings. The second-order valence-electron chi connectivity index (χ2n) is 6.10. The molecule has 0 radical (unpaired) electrons. The molecule has 1 fully saturated rings. The van der Waals surface area contributed by atoms with Crippen molar-refractivity contribution in [2.45, 2.75) is 50.9 Å². The van der Waals surface area contributed by atoms with Gasteiger partial charge in [0.25, 0.3) is 0 Å². The van der Waals surface area contributed by atoms with Crippen molar-refractivity contribution >= 4 is 17.5 Å². The molecule has 1 saturated carbocycles. The summed E-state index contributed by atoms with van der Waals surface area (Å²) in [6.45, 7) is 5.11. The summed E-state index contributed by atoms with van der Waals surface area (Å²) in [6.07, 6.45) is 4.70. The third-order valence-electron chi connectivity index (χ3n) is 3.92. The Bertz CT molecular complexity index is 426. The van der Waals surface area contributed by atoms with Gasteiger partial charge in [-0.25, -0.2) is 0 Å². The van der Waals surface area contributed by atoms with E-state index in [9.17, 15) is 4.79 Å². The summed E-state index contributed by atoms with van der Waals surface area (Å²) in [5.41, 5.74) is 0.894. The van der Waals surface area contributed by atoms with Gasteiger partial charge in [-0.05, 0) is 24.3 Å².